The van der Waals surface area contributed by atoms with Crippen LogP contribution in [0.25, 0.3) is 0 Å². The van der Waals surface area contributed by atoms with Crippen molar-refractivity contribution in [2.24, 2.45) is 0 Å². The van der Waals surface area contributed by atoms with Gasteiger partial charge in [0.05, 0.1) is 7.11 Å². The van der Waals surface area contributed by atoms with Gasteiger partial charge in [-0.25, -0.2) is 9.97 Å². The zero-order valence-electron chi connectivity index (χ0n) is 14.9. The molecule has 0 fully saturated rings. The molecule has 5 nitrogen and oxygen atoms in total. The normalized spacial score (nSPS) is 10.3. The summed E-state index contributed by atoms with van der Waals surface area (Å²) in [6, 6.07) is 17.4. The standard InChI is InChI=1S/C21H19N3O2S/c1-3-20(25)23-16-6-4-15(5-7-16)14-19-22-13-12-21(24-19)27-18-10-8-17(26-2)9-11-18/h3-13H,1,14H2,2H3,(H,23,25). The van der Waals surface area contributed by atoms with Gasteiger partial charge < -0.3 is 10.1 Å². The summed E-state index contributed by atoms with van der Waals surface area (Å²) in [5.41, 5.74) is 1.80. The molecule has 1 heterocycles. The smallest absolute Gasteiger partial charge is 0.247 e. The van der Waals surface area contributed by atoms with E-state index in [2.05, 4.69) is 21.9 Å². The largest absolute Gasteiger partial charge is 0.497 e. The summed E-state index contributed by atoms with van der Waals surface area (Å²) in [4.78, 5) is 21.4. The highest BCUT2D eigenvalue weighted by molar-refractivity contribution is 7.99. The molecule has 0 radical (unpaired) electrons. The van der Waals surface area contributed by atoms with Crippen LogP contribution in [0.2, 0.25) is 0 Å². The number of benzene rings is 2. The van der Waals surface area contributed by atoms with E-state index in [0.717, 1.165) is 32.7 Å². The molecule has 6 heteroatoms. The summed E-state index contributed by atoms with van der Waals surface area (Å²) in [6.07, 6.45) is 3.63. The van der Waals surface area contributed by atoms with Crippen LogP contribution in [0.3, 0.4) is 0 Å². The van der Waals surface area contributed by atoms with Gasteiger partial charge in [-0.3, -0.25) is 4.79 Å². The summed E-state index contributed by atoms with van der Waals surface area (Å²) in [7, 11) is 1.65. The monoisotopic (exact) mass is 377 g/mol. The molecule has 3 rings (SSSR count). The van der Waals surface area contributed by atoms with E-state index in [1.165, 1.54) is 6.08 Å². The third-order valence-corrected chi connectivity index (χ3v) is 4.68. The molecule has 0 bridgehead atoms. The zero-order valence-corrected chi connectivity index (χ0v) is 15.7. The minimum atomic E-state index is -0.227. The fraction of sp³-hybridized carbons (Fsp3) is 0.0952. The average Bonchev–Trinajstić information content (AvgIpc) is 2.70. The molecule has 0 spiro atoms. The maximum Gasteiger partial charge on any atom is 0.247 e. The summed E-state index contributed by atoms with van der Waals surface area (Å²) in [5, 5.41) is 3.62. The van der Waals surface area contributed by atoms with Gasteiger partial charge in [0.2, 0.25) is 5.91 Å². The van der Waals surface area contributed by atoms with E-state index in [1.54, 1.807) is 25.1 Å². The van der Waals surface area contributed by atoms with Crippen LogP contribution in [0.15, 0.2) is 83.4 Å². The van der Waals surface area contributed by atoms with Crippen molar-refractivity contribution in [3.05, 3.63) is 84.8 Å². The van der Waals surface area contributed by atoms with E-state index in [1.807, 2.05) is 54.6 Å². The lowest BCUT2D eigenvalue weighted by Gasteiger charge is -2.06. The molecule has 0 saturated heterocycles. The Kier molecular flexibility index (Phi) is 6.22. The lowest BCUT2D eigenvalue weighted by Crippen LogP contribution is -2.07. The zero-order chi connectivity index (χ0) is 19.1. The topological polar surface area (TPSA) is 64.1 Å². The van der Waals surface area contributed by atoms with Crippen molar-refractivity contribution in [2.75, 3.05) is 12.4 Å². The lowest BCUT2D eigenvalue weighted by molar-refractivity contribution is -0.111. The first-order valence-electron chi connectivity index (χ1n) is 8.32. The molecule has 1 aromatic heterocycles. The number of nitrogens with one attached hydrogen (secondary N) is 1. The maximum atomic E-state index is 11.3. The summed E-state index contributed by atoms with van der Waals surface area (Å²) < 4.78 is 5.18. The molecule has 136 valence electrons. The first-order valence-corrected chi connectivity index (χ1v) is 9.14. The first kappa shape index (κ1) is 18.7. The number of rotatable bonds is 7. The number of ether oxygens (including phenoxy) is 1. The number of aromatic nitrogens is 2. The predicted octanol–water partition coefficient (Wildman–Crippen LogP) is 4.35. The Morgan fingerprint density at radius 2 is 1.89 bits per heavy atom. The predicted molar refractivity (Wildman–Crippen MR) is 107 cm³/mol. The molecule has 0 saturated carbocycles. The molecule has 3 aromatic rings. The van der Waals surface area contributed by atoms with Crippen molar-refractivity contribution < 1.29 is 9.53 Å². The van der Waals surface area contributed by atoms with Crippen LogP contribution in [-0.4, -0.2) is 23.0 Å². The maximum absolute atomic E-state index is 11.3. The van der Waals surface area contributed by atoms with Gasteiger partial charge in [-0.1, -0.05) is 30.5 Å². The van der Waals surface area contributed by atoms with E-state index in [4.69, 9.17) is 4.74 Å². The second-order valence-electron chi connectivity index (χ2n) is 5.66. The molecular formula is C21H19N3O2S. The fourth-order valence-corrected chi connectivity index (χ4v) is 3.16. The first-order chi connectivity index (χ1) is 13.2. The van der Waals surface area contributed by atoms with Crippen molar-refractivity contribution in [2.45, 2.75) is 16.3 Å². The molecule has 1 amide bonds. The third kappa shape index (κ3) is 5.43. The van der Waals surface area contributed by atoms with Crippen molar-refractivity contribution in [1.29, 1.82) is 0 Å². The Morgan fingerprint density at radius 3 is 2.56 bits per heavy atom. The number of carbonyl (C=O) groups is 1. The van der Waals surface area contributed by atoms with Gasteiger partial charge >= 0.3 is 0 Å². The van der Waals surface area contributed by atoms with Crippen LogP contribution >= 0.6 is 11.8 Å². The van der Waals surface area contributed by atoms with Gasteiger partial charge in [0.15, 0.2) is 0 Å². The minimum Gasteiger partial charge on any atom is -0.497 e. The number of anilines is 1. The second-order valence-corrected chi connectivity index (χ2v) is 6.75. The number of nitrogens with zero attached hydrogens (tertiary/aromatic N) is 2. The highest BCUT2D eigenvalue weighted by Crippen LogP contribution is 2.27. The van der Waals surface area contributed by atoms with Gasteiger partial charge in [0.1, 0.15) is 16.6 Å². The molecule has 0 unspecified atom stereocenters. The highest BCUT2D eigenvalue weighted by atomic mass is 32.2. The molecule has 27 heavy (non-hydrogen) atoms. The molecule has 2 aromatic carbocycles. The van der Waals surface area contributed by atoms with Crippen LogP contribution < -0.4 is 10.1 Å². The average molecular weight is 377 g/mol. The Balaban J connectivity index is 1.66. The molecule has 0 aliphatic carbocycles. The van der Waals surface area contributed by atoms with Crippen LogP contribution in [0.4, 0.5) is 5.69 Å². The fourth-order valence-electron chi connectivity index (χ4n) is 2.37. The molecule has 1 N–H and O–H groups in total. The van der Waals surface area contributed by atoms with E-state index in [0.29, 0.717) is 6.42 Å². The molecule has 0 atom stereocenters. The number of hydrogen-bond acceptors (Lipinski definition) is 5. The number of amides is 1. The van der Waals surface area contributed by atoms with Gasteiger partial charge in [0.25, 0.3) is 0 Å². The Bertz CT molecular complexity index is 925. The Labute approximate surface area is 162 Å². The third-order valence-electron chi connectivity index (χ3n) is 3.73. The van der Waals surface area contributed by atoms with E-state index >= 15 is 0 Å². The molecular weight excluding hydrogens is 358 g/mol. The molecule has 0 aliphatic rings. The SMILES string of the molecule is C=CC(=O)Nc1ccc(Cc2nccc(Sc3ccc(OC)cc3)n2)cc1. The van der Waals surface area contributed by atoms with Gasteiger partial charge in [0, 0.05) is 23.2 Å². The quantitative estimate of drug-likeness (QED) is 0.490. The minimum absolute atomic E-state index is 0.227. The van der Waals surface area contributed by atoms with Gasteiger partial charge in [-0.05, 0) is 54.1 Å². The second kappa shape index (κ2) is 9.00. The Morgan fingerprint density at radius 1 is 1.15 bits per heavy atom. The lowest BCUT2D eigenvalue weighted by atomic mass is 10.1. The van der Waals surface area contributed by atoms with Crippen LogP contribution in [0.1, 0.15) is 11.4 Å². The van der Waals surface area contributed by atoms with E-state index < -0.39 is 0 Å². The van der Waals surface area contributed by atoms with Crippen LogP contribution in [0.5, 0.6) is 5.75 Å². The number of hydrogen-bond donors (Lipinski definition) is 1. The number of carbonyl (C=O) groups excluding carboxylic acids is 1. The van der Waals surface area contributed by atoms with E-state index in [9.17, 15) is 4.79 Å². The summed E-state index contributed by atoms with van der Waals surface area (Å²) >= 11 is 1.58. The Hall–Kier alpha value is -3.12. The van der Waals surface area contributed by atoms with Crippen molar-refractivity contribution in [3.63, 3.8) is 0 Å². The van der Waals surface area contributed by atoms with Crippen LogP contribution in [-0.2, 0) is 11.2 Å². The van der Waals surface area contributed by atoms with Crippen molar-refractivity contribution in [3.8, 4) is 5.75 Å². The summed E-state index contributed by atoms with van der Waals surface area (Å²) in [6.45, 7) is 3.44. The van der Waals surface area contributed by atoms with E-state index in [-0.39, 0.29) is 5.91 Å². The van der Waals surface area contributed by atoms with Crippen molar-refractivity contribution in [1.82, 2.24) is 9.97 Å². The molecule has 0 aliphatic heterocycles. The van der Waals surface area contributed by atoms with Gasteiger partial charge in [-0.2, -0.15) is 0 Å². The summed E-state index contributed by atoms with van der Waals surface area (Å²) in [5.74, 6) is 1.35. The highest BCUT2D eigenvalue weighted by Gasteiger charge is 2.05. The van der Waals surface area contributed by atoms with Gasteiger partial charge in [-0.15, -0.1) is 0 Å². The van der Waals surface area contributed by atoms with Crippen LogP contribution in [0, 0.1) is 0 Å². The number of methoxy groups -OCH3 is 1. The van der Waals surface area contributed by atoms with Crippen molar-refractivity contribution >= 4 is 23.4 Å².